The van der Waals surface area contributed by atoms with Crippen molar-refractivity contribution in [1.29, 1.82) is 0 Å². The van der Waals surface area contributed by atoms with Gasteiger partial charge in [0.1, 0.15) is 5.54 Å². The van der Waals surface area contributed by atoms with Crippen molar-refractivity contribution in [3.63, 3.8) is 0 Å². The summed E-state index contributed by atoms with van der Waals surface area (Å²) >= 11 is 3.41. The third-order valence-corrected chi connectivity index (χ3v) is 7.05. The third-order valence-electron chi connectivity index (χ3n) is 6.52. The molecule has 4 amide bonds. The van der Waals surface area contributed by atoms with Crippen LogP contribution in [0.2, 0.25) is 0 Å². The van der Waals surface area contributed by atoms with E-state index in [0.29, 0.717) is 12.8 Å². The molecule has 0 bridgehead atoms. The van der Waals surface area contributed by atoms with Crippen LogP contribution in [0.1, 0.15) is 43.4 Å². The summed E-state index contributed by atoms with van der Waals surface area (Å²) in [5, 5.41) is 6.03. The summed E-state index contributed by atoms with van der Waals surface area (Å²) < 4.78 is 0.959. The Labute approximate surface area is 214 Å². The molecule has 2 fully saturated rings. The molecule has 0 saturated carbocycles. The number of nitrogens with zero attached hydrogens (tertiary/aromatic N) is 2. The minimum Gasteiger partial charge on any atom is -0.349 e. The van der Waals surface area contributed by atoms with Gasteiger partial charge in [0.15, 0.2) is 0 Å². The van der Waals surface area contributed by atoms with Crippen LogP contribution in [0, 0.1) is 0 Å². The number of hydrogen-bond acceptors (Lipinski definition) is 4. The monoisotopic (exact) mass is 548 g/mol. The summed E-state index contributed by atoms with van der Waals surface area (Å²) in [6, 6.07) is 17.2. The third kappa shape index (κ3) is 5.98. The van der Waals surface area contributed by atoms with E-state index < -0.39 is 5.54 Å². The molecule has 2 N–H and O–H groups in total. The lowest BCUT2D eigenvalue weighted by Crippen LogP contribution is -2.55. The first-order chi connectivity index (χ1) is 15.9. The predicted octanol–water partition coefficient (Wildman–Crippen LogP) is 4.02. The highest BCUT2D eigenvalue weighted by atomic mass is 79.9. The minimum absolute atomic E-state index is 0. The van der Waals surface area contributed by atoms with Crippen molar-refractivity contribution in [1.82, 2.24) is 20.4 Å². The summed E-state index contributed by atoms with van der Waals surface area (Å²) in [6.45, 7) is 4.06. The van der Waals surface area contributed by atoms with Gasteiger partial charge in [0, 0.05) is 31.0 Å². The van der Waals surface area contributed by atoms with Crippen LogP contribution in [-0.4, -0.2) is 52.8 Å². The van der Waals surface area contributed by atoms with E-state index >= 15 is 0 Å². The summed E-state index contributed by atoms with van der Waals surface area (Å²) in [5.74, 6) is -0.179. The molecule has 0 radical (unpaired) electrons. The minimum atomic E-state index is -0.806. The van der Waals surface area contributed by atoms with E-state index in [9.17, 15) is 14.4 Å². The molecule has 4 rings (SSSR count). The quantitative estimate of drug-likeness (QED) is 0.511. The Hall–Kier alpha value is -2.42. The van der Waals surface area contributed by atoms with Crippen LogP contribution >= 0.6 is 28.3 Å². The molecule has 2 heterocycles. The molecule has 2 aliphatic rings. The van der Waals surface area contributed by atoms with E-state index in [2.05, 4.69) is 31.5 Å². The fourth-order valence-electron chi connectivity index (χ4n) is 4.65. The average Bonchev–Trinajstić information content (AvgIpc) is 3.03. The first kappa shape index (κ1) is 26.2. The Morgan fingerprint density at radius 3 is 2.35 bits per heavy atom. The lowest BCUT2D eigenvalue weighted by atomic mass is 9.87. The van der Waals surface area contributed by atoms with Crippen LogP contribution in [0.15, 0.2) is 59.1 Å². The fraction of sp³-hybridized carbons (Fsp3) is 0.400. The summed E-state index contributed by atoms with van der Waals surface area (Å²) in [7, 11) is 0. The van der Waals surface area contributed by atoms with Gasteiger partial charge in [-0.05, 0) is 42.5 Å². The standard InChI is InChI=1S/C25H29BrN4O3.ClH/c1-18(31)27-22(20-5-3-2-4-6-20)11-14-29-15-12-25(13-16-29)23(32)30(24(33)28-25)17-19-7-9-21(26)10-8-19;/h2-10,22H,11-17H2,1H3,(H,27,31)(H,28,33);1H/t22-;/m0./s1. The average molecular weight is 550 g/mol. The number of hydrogen-bond donors (Lipinski definition) is 2. The Morgan fingerprint density at radius 2 is 1.74 bits per heavy atom. The first-order valence-corrected chi connectivity index (χ1v) is 12.1. The molecule has 7 nitrogen and oxygen atoms in total. The SMILES string of the molecule is CC(=O)N[C@@H](CCN1CCC2(CC1)NC(=O)N(Cc1ccc(Br)cc1)C2=O)c1ccccc1.Cl. The number of urea groups is 1. The summed E-state index contributed by atoms with van der Waals surface area (Å²) in [4.78, 5) is 41.2. The van der Waals surface area contributed by atoms with Gasteiger partial charge in [0.25, 0.3) is 5.91 Å². The maximum atomic E-state index is 13.2. The zero-order valence-corrected chi connectivity index (χ0v) is 21.5. The first-order valence-electron chi connectivity index (χ1n) is 11.3. The molecule has 2 aromatic carbocycles. The molecule has 0 unspecified atom stereocenters. The molecule has 2 aliphatic heterocycles. The highest BCUT2D eigenvalue weighted by Crippen LogP contribution is 2.31. The van der Waals surface area contributed by atoms with Gasteiger partial charge >= 0.3 is 6.03 Å². The summed E-state index contributed by atoms with van der Waals surface area (Å²) in [6.07, 6.45) is 1.96. The normalized spacial score (nSPS) is 18.4. The number of amides is 4. The van der Waals surface area contributed by atoms with E-state index in [1.54, 1.807) is 0 Å². The molecular weight excluding hydrogens is 520 g/mol. The number of piperidine rings is 1. The highest BCUT2D eigenvalue weighted by Gasteiger charge is 2.52. The van der Waals surface area contributed by atoms with Crippen molar-refractivity contribution >= 4 is 46.2 Å². The van der Waals surface area contributed by atoms with Crippen LogP contribution in [0.25, 0.3) is 0 Å². The number of nitrogens with one attached hydrogen (secondary N) is 2. The second kappa shape index (κ2) is 11.3. The predicted molar refractivity (Wildman–Crippen MR) is 136 cm³/mol. The van der Waals surface area contributed by atoms with Gasteiger partial charge in [-0.25, -0.2) is 4.79 Å². The van der Waals surface area contributed by atoms with Gasteiger partial charge in [-0.3, -0.25) is 14.5 Å². The lowest BCUT2D eigenvalue weighted by Gasteiger charge is -2.37. The zero-order chi connectivity index (χ0) is 23.4. The fourth-order valence-corrected chi connectivity index (χ4v) is 4.92. The van der Waals surface area contributed by atoms with Crippen molar-refractivity contribution in [2.75, 3.05) is 19.6 Å². The van der Waals surface area contributed by atoms with Crippen molar-refractivity contribution < 1.29 is 14.4 Å². The largest absolute Gasteiger partial charge is 0.349 e. The number of halogens is 2. The molecule has 2 saturated heterocycles. The van der Waals surface area contributed by atoms with Gasteiger partial charge < -0.3 is 15.5 Å². The number of benzene rings is 2. The Bertz CT molecular complexity index is 1010. The van der Waals surface area contributed by atoms with Crippen LogP contribution in [0.3, 0.4) is 0 Å². The number of carbonyl (C=O) groups excluding carboxylic acids is 3. The molecular formula is C25H30BrClN4O3. The van der Waals surface area contributed by atoms with Gasteiger partial charge in [-0.2, -0.15) is 0 Å². The van der Waals surface area contributed by atoms with Crippen LogP contribution < -0.4 is 10.6 Å². The second-order valence-corrected chi connectivity index (χ2v) is 9.74. The molecule has 0 aliphatic carbocycles. The van der Waals surface area contributed by atoms with E-state index in [1.165, 1.54) is 11.8 Å². The molecule has 2 aromatic rings. The van der Waals surface area contributed by atoms with Gasteiger partial charge in [0.05, 0.1) is 12.6 Å². The molecule has 0 aromatic heterocycles. The zero-order valence-electron chi connectivity index (χ0n) is 19.1. The van der Waals surface area contributed by atoms with E-state index in [-0.39, 0.29) is 42.8 Å². The van der Waals surface area contributed by atoms with Gasteiger partial charge in [-0.15, -0.1) is 12.4 Å². The molecule has 1 atom stereocenters. The van der Waals surface area contributed by atoms with Gasteiger partial charge in [0.2, 0.25) is 5.91 Å². The van der Waals surface area contributed by atoms with Gasteiger partial charge in [-0.1, -0.05) is 58.4 Å². The summed E-state index contributed by atoms with van der Waals surface area (Å²) in [5.41, 5.74) is 1.20. The maximum Gasteiger partial charge on any atom is 0.325 e. The number of rotatable bonds is 7. The Morgan fingerprint density at radius 1 is 1.09 bits per heavy atom. The molecule has 34 heavy (non-hydrogen) atoms. The number of carbonyl (C=O) groups is 3. The van der Waals surface area contributed by atoms with E-state index in [4.69, 9.17) is 0 Å². The van der Waals surface area contributed by atoms with Crippen LogP contribution in [0.5, 0.6) is 0 Å². The molecule has 182 valence electrons. The van der Waals surface area contributed by atoms with Crippen molar-refractivity contribution in [2.45, 2.75) is 44.3 Å². The van der Waals surface area contributed by atoms with Crippen LogP contribution in [-0.2, 0) is 16.1 Å². The van der Waals surface area contributed by atoms with Crippen molar-refractivity contribution in [3.8, 4) is 0 Å². The molecule has 9 heteroatoms. The topological polar surface area (TPSA) is 81.8 Å². The van der Waals surface area contributed by atoms with Crippen molar-refractivity contribution in [3.05, 3.63) is 70.2 Å². The maximum absolute atomic E-state index is 13.2. The van der Waals surface area contributed by atoms with Crippen LogP contribution in [0.4, 0.5) is 4.79 Å². The van der Waals surface area contributed by atoms with Crippen molar-refractivity contribution in [2.24, 2.45) is 0 Å². The Balaban J connectivity index is 0.00000324. The molecule has 1 spiro atoms. The second-order valence-electron chi connectivity index (χ2n) is 8.82. The number of imide groups is 1. The smallest absolute Gasteiger partial charge is 0.325 e. The number of likely N-dealkylation sites (tertiary alicyclic amines) is 1. The highest BCUT2D eigenvalue weighted by molar-refractivity contribution is 9.10. The lowest BCUT2D eigenvalue weighted by molar-refractivity contribution is -0.133. The van der Waals surface area contributed by atoms with E-state index in [1.807, 2.05) is 54.6 Å². The Kier molecular flexibility index (Phi) is 8.73. The van der Waals surface area contributed by atoms with E-state index in [0.717, 1.165) is 41.7 Å².